The Balaban J connectivity index is 2.30. The fraction of sp³-hybridized carbons (Fsp3) is 0.467. The first kappa shape index (κ1) is 15.0. The largest absolute Gasteiger partial charge is 0.497 e. The van der Waals surface area contributed by atoms with Crippen molar-refractivity contribution in [2.24, 2.45) is 5.92 Å². The van der Waals surface area contributed by atoms with Crippen molar-refractivity contribution in [1.82, 2.24) is 0 Å². The lowest BCUT2D eigenvalue weighted by Crippen LogP contribution is -2.46. The van der Waals surface area contributed by atoms with Crippen molar-refractivity contribution in [3.63, 3.8) is 0 Å². The summed E-state index contributed by atoms with van der Waals surface area (Å²) in [5.74, 6) is -1.08. The van der Waals surface area contributed by atoms with E-state index in [-0.39, 0.29) is 5.78 Å². The lowest BCUT2D eigenvalue weighted by atomic mass is 9.75. The highest BCUT2D eigenvalue weighted by Gasteiger charge is 2.48. The number of aliphatic carboxylic acids is 1. The molecule has 0 aromatic heterocycles. The first-order chi connectivity index (χ1) is 9.49. The Morgan fingerprint density at radius 1 is 1.30 bits per heavy atom. The summed E-state index contributed by atoms with van der Waals surface area (Å²) in [4.78, 5) is 24.1. The number of rotatable bonds is 4. The molecule has 0 radical (unpaired) electrons. The second-order valence-electron chi connectivity index (χ2n) is 5.06. The Hall–Kier alpha value is -1.36. The van der Waals surface area contributed by atoms with E-state index in [0.717, 1.165) is 12.8 Å². The molecule has 2 unspecified atom stereocenters. The van der Waals surface area contributed by atoms with E-state index in [9.17, 15) is 14.7 Å². The van der Waals surface area contributed by atoms with Gasteiger partial charge in [0.1, 0.15) is 10.1 Å². The zero-order chi connectivity index (χ0) is 14.8. The Morgan fingerprint density at radius 3 is 2.50 bits per heavy atom. The van der Waals surface area contributed by atoms with E-state index in [2.05, 4.69) is 15.9 Å². The van der Waals surface area contributed by atoms with Crippen molar-refractivity contribution in [3.05, 3.63) is 29.8 Å². The number of carboxylic acids is 1. The van der Waals surface area contributed by atoms with Gasteiger partial charge in [0.05, 0.1) is 13.0 Å². The summed E-state index contributed by atoms with van der Waals surface area (Å²) in [6, 6.07) is 6.78. The molecular formula is C15H17BrO4. The number of ketones is 1. The standard InChI is InChI=1S/C15H17BrO4/c1-20-11-7-5-10(6-8-11)13(17)15(16)9-3-2-4-12(15)14(18)19/h5-8,12H,2-4,9H2,1H3,(H,18,19). The van der Waals surface area contributed by atoms with Gasteiger partial charge in [-0.1, -0.05) is 28.8 Å². The number of methoxy groups -OCH3 is 1. The number of hydrogen-bond donors (Lipinski definition) is 1. The fourth-order valence-electron chi connectivity index (χ4n) is 2.71. The van der Waals surface area contributed by atoms with Crippen molar-refractivity contribution in [3.8, 4) is 5.75 Å². The van der Waals surface area contributed by atoms with Crippen LogP contribution in [-0.2, 0) is 4.79 Å². The number of halogens is 1. The highest BCUT2D eigenvalue weighted by Crippen LogP contribution is 2.43. The molecule has 1 aliphatic rings. The average Bonchev–Trinajstić information content (AvgIpc) is 2.46. The van der Waals surface area contributed by atoms with Crippen LogP contribution in [-0.4, -0.2) is 28.3 Å². The van der Waals surface area contributed by atoms with E-state index in [0.29, 0.717) is 24.2 Å². The minimum atomic E-state index is -0.994. The molecule has 1 aromatic carbocycles. The third kappa shape index (κ3) is 2.73. The predicted molar refractivity (Wildman–Crippen MR) is 78.6 cm³/mol. The van der Waals surface area contributed by atoms with Crippen molar-refractivity contribution >= 4 is 27.7 Å². The Bertz CT molecular complexity index is 511. The molecule has 0 amide bonds. The van der Waals surface area contributed by atoms with E-state index in [4.69, 9.17) is 4.74 Å². The summed E-state index contributed by atoms with van der Waals surface area (Å²) in [6.07, 6.45) is 2.79. The Labute approximate surface area is 126 Å². The van der Waals surface area contributed by atoms with Crippen molar-refractivity contribution in [2.75, 3.05) is 7.11 Å². The molecule has 0 spiro atoms. The van der Waals surface area contributed by atoms with Gasteiger partial charge >= 0.3 is 5.97 Å². The second kappa shape index (κ2) is 5.95. The number of alkyl halides is 1. The number of ether oxygens (including phenoxy) is 1. The van der Waals surface area contributed by atoms with Gasteiger partial charge in [0.2, 0.25) is 0 Å². The molecule has 4 nitrogen and oxygen atoms in total. The monoisotopic (exact) mass is 340 g/mol. The topological polar surface area (TPSA) is 63.6 Å². The maximum Gasteiger partial charge on any atom is 0.308 e. The molecule has 2 rings (SSSR count). The van der Waals surface area contributed by atoms with Crippen LogP contribution in [0.25, 0.3) is 0 Å². The molecule has 0 aliphatic heterocycles. The van der Waals surface area contributed by atoms with Crippen LogP contribution in [0.15, 0.2) is 24.3 Å². The van der Waals surface area contributed by atoms with E-state index >= 15 is 0 Å². The number of carbonyl (C=O) groups is 2. The number of benzene rings is 1. The van der Waals surface area contributed by atoms with E-state index < -0.39 is 16.2 Å². The van der Waals surface area contributed by atoms with Gasteiger partial charge in [-0.05, 0) is 37.1 Å². The zero-order valence-electron chi connectivity index (χ0n) is 11.3. The van der Waals surface area contributed by atoms with Gasteiger partial charge in [-0.25, -0.2) is 0 Å². The highest BCUT2D eigenvalue weighted by atomic mass is 79.9. The third-order valence-electron chi connectivity index (χ3n) is 3.86. The van der Waals surface area contributed by atoms with E-state index in [1.807, 2.05) is 0 Å². The maximum absolute atomic E-state index is 12.7. The molecule has 0 heterocycles. The molecule has 0 saturated heterocycles. The Kier molecular flexibility index (Phi) is 4.48. The zero-order valence-corrected chi connectivity index (χ0v) is 12.9. The summed E-state index contributed by atoms with van der Waals surface area (Å²) < 4.78 is 4.07. The van der Waals surface area contributed by atoms with E-state index in [1.165, 1.54) is 0 Å². The van der Waals surface area contributed by atoms with Crippen molar-refractivity contribution in [2.45, 2.75) is 30.0 Å². The first-order valence-corrected chi connectivity index (χ1v) is 7.39. The SMILES string of the molecule is COc1ccc(C(=O)C2(Br)CCCCC2C(=O)O)cc1. The van der Waals surface area contributed by atoms with Gasteiger partial charge in [-0.2, -0.15) is 0 Å². The number of carboxylic acid groups (broad SMARTS) is 1. The van der Waals surface area contributed by atoms with Gasteiger partial charge in [0.15, 0.2) is 5.78 Å². The second-order valence-corrected chi connectivity index (χ2v) is 6.47. The van der Waals surface area contributed by atoms with Gasteiger partial charge in [0.25, 0.3) is 0 Å². The molecule has 2 atom stereocenters. The molecule has 1 aliphatic carbocycles. The first-order valence-electron chi connectivity index (χ1n) is 6.59. The molecule has 1 fully saturated rings. The Morgan fingerprint density at radius 2 is 1.95 bits per heavy atom. The van der Waals surface area contributed by atoms with Crippen LogP contribution >= 0.6 is 15.9 Å². The number of Topliss-reactive ketones (excluding diaryl/α,β-unsaturated/α-hetero) is 1. The van der Waals surface area contributed by atoms with Crippen molar-refractivity contribution in [1.29, 1.82) is 0 Å². The van der Waals surface area contributed by atoms with Crippen LogP contribution in [0.4, 0.5) is 0 Å². The van der Waals surface area contributed by atoms with Crippen molar-refractivity contribution < 1.29 is 19.4 Å². The maximum atomic E-state index is 12.7. The van der Waals surface area contributed by atoms with Gasteiger partial charge in [-0.3, -0.25) is 9.59 Å². The fourth-order valence-corrected chi connectivity index (χ4v) is 3.64. The summed E-state index contributed by atoms with van der Waals surface area (Å²) in [5.41, 5.74) is 0.510. The number of carbonyl (C=O) groups excluding carboxylic acids is 1. The molecule has 0 bridgehead atoms. The lowest BCUT2D eigenvalue weighted by Gasteiger charge is -2.35. The molecule has 1 aromatic rings. The lowest BCUT2D eigenvalue weighted by molar-refractivity contribution is -0.143. The smallest absolute Gasteiger partial charge is 0.308 e. The van der Waals surface area contributed by atoms with Crippen LogP contribution in [0.2, 0.25) is 0 Å². The molecule has 1 saturated carbocycles. The van der Waals surface area contributed by atoms with Gasteiger partial charge < -0.3 is 9.84 Å². The van der Waals surface area contributed by atoms with Crippen LogP contribution < -0.4 is 4.74 Å². The number of hydrogen-bond acceptors (Lipinski definition) is 3. The van der Waals surface area contributed by atoms with Crippen LogP contribution in [0.3, 0.4) is 0 Å². The summed E-state index contributed by atoms with van der Waals surface area (Å²) in [6.45, 7) is 0. The predicted octanol–water partition coefficient (Wildman–Crippen LogP) is 3.29. The third-order valence-corrected chi connectivity index (χ3v) is 5.17. The van der Waals surface area contributed by atoms with E-state index in [1.54, 1.807) is 31.4 Å². The normalized spacial score (nSPS) is 26.0. The molecule has 1 N–H and O–H groups in total. The van der Waals surface area contributed by atoms with Crippen LogP contribution in [0, 0.1) is 5.92 Å². The highest BCUT2D eigenvalue weighted by molar-refractivity contribution is 9.10. The molecule has 108 valence electrons. The molecular weight excluding hydrogens is 324 g/mol. The summed E-state index contributed by atoms with van der Waals surface area (Å²) in [7, 11) is 1.56. The van der Waals surface area contributed by atoms with Crippen LogP contribution in [0.5, 0.6) is 5.75 Å². The van der Waals surface area contributed by atoms with Gasteiger partial charge in [-0.15, -0.1) is 0 Å². The summed E-state index contributed by atoms with van der Waals surface area (Å²) >= 11 is 3.44. The quantitative estimate of drug-likeness (QED) is 0.674. The molecule has 5 heteroatoms. The van der Waals surface area contributed by atoms with Crippen LogP contribution in [0.1, 0.15) is 36.0 Å². The minimum absolute atomic E-state index is 0.160. The summed E-state index contributed by atoms with van der Waals surface area (Å²) in [5, 5.41) is 9.35. The minimum Gasteiger partial charge on any atom is -0.497 e. The van der Waals surface area contributed by atoms with Gasteiger partial charge in [0, 0.05) is 5.56 Å². The average molecular weight is 341 g/mol. The molecule has 20 heavy (non-hydrogen) atoms.